The van der Waals surface area contributed by atoms with Gasteiger partial charge in [0.05, 0.1) is 24.7 Å². The highest BCUT2D eigenvalue weighted by molar-refractivity contribution is 5.94. The van der Waals surface area contributed by atoms with Crippen LogP contribution in [0.15, 0.2) is 36.7 Å². The van der Waals surface area contributed by atoms with Crippen LogP contribution in [-0.2, 0) is 0 Å². The van der Waals surface area contributed by atoms with Crippen molar-refractivity contribution in [2.75, 3.05) is 19.7 Å². The van der Waals surface area contributed by atoms with Crippen molar-refractivity contribution >= 4 is 5.91 Å². The summed E-state index contributed by atoms with van der Waals surface area (Å²) < 4.78 is 5.36. The molecular weight excluding hydrogens is 278 g/mol. The Hall–Kier alpha value is -2.43. The summed E-state index contributed by atoms with van der Waals surface area (Å²) in [6.45, 7) is 4.19. The first-order valence-electron chi connectivity index (χ1n) is 7.62. The van der Waals surface area contributed by atoms with E-state index in [1.807, 2.05) is 36.1 Å². The van der Waals surface area contributed by atoms with E-state index in [0.717, 1.165) is 42.8 Å². The third kappa shape index (κ3) is 3.08. The van der Waals surface area contributed by atoms with Gasteiger partial charge in [-0.25, -0.2) is 4.98 Å². The molecule has 5 heteroatoms. The molecule has 1 fully saturated rings. The van der Waals surface area contributed by atoms with Crippen LogP contribution in [-0.4, -0.2) is 40.5 Å². The van der Waals surface area contributed by atoms with E-state index in [4.69, 9.17) is 4.74 Å². The Kier molecular flexibility index (Phi) is 4.32. The molecule has 1 aromatic heterocycles. The minimum absolute atomic E-state index is 0.109. The lowest BCUT2D eigenvalue weighted by Crippen LogP contribution is -2.27. The predicted octanol–water partition coefficient (Wildman–Crippen LogP) is 2.78. The lowest BCUT2D eigenvalue weighted by atomic mass is 10.1. The maximum absolute atomic E-state index is 12.3. The van der Waals surface area contributed by atoms with Crippen molar-refractivity contribution in [3.05, 3.63) is 42.2 Å². The van der Waals surface area contributed by atoms with Gasteiger partial charge in [-0.15, -0.1) is 0 Å². The molecule has 2 aromatic rings. The van der Waals surface area contributed by atoms with Crippen molar-refractivity contribution in [2.45, 2.75) is 19.8 Å². The Morgan fingerprint density at radius 1 is 1.18 bits per heavy atom. The summed E-state index contributed by atoms with van der Waals surface area (Å²) >= 11 is 0. The topological polar surface area (TPSA) is 55.3 Å². The van der Waals surface area contributed by atoms with Crippen molar-refractivity contribution in [3.63, 3.8) is 0 Å². The Morgan fingerprint density at radius 2 is 1.91 bits per heavy atom. The Morgan fingerprint density at radius 3 is 2.59 bits per heavy atom. The summed E-state index contributed by atoms with van der Waals surface area (Å²) in [6.07, 6.45) is 5.49. The zero-order valence-corrected chi connectivity index (χ0v) is 12.7. The van der Waals surface area contributed by atoms with Gasteiger partial charge in [0.1, 0.15) is 0 Å². The van der Waals surface area contributed by atoms with Gasteiger partial charge in [0.2, 0.25) is 5.88 Å². The highest BCUT2D eigenvalue weighted by Crippen LogP contribution is 2.20. The van der Waals surface area contributed by atoms with Gasteiger partial charge in [0.25, 0.3) is 5.91 Å². The highest BCUT2D eigenvalue weighted by Gasteiger charge is 2.19. The van der Waals surface area contributed by atoms with Gasteiger partial charge in [-0.2, -0.15) is 0 Å². The molecule has 1 aromatic carbocycles. The number of carbonyl (C=O) groups excluding carboxylic acids is 1. The molecule has 22 heavy (non-hydrogen) atoms. The molecular formula is C17H19N3O2. The fraction of sp³-hybridized carbons (Fsp3) is 0.353. The van der Waals surface area contributed by atoms with Crippen LogP contribution in [0.25, 0.3) is 11.3 Å². The smallest absolute Gasteiger partial charge is 0.253 e. The van der Waals surface area contributed by atoms with Gasteiger partial charge < -0.3 is 9.64 Å². The van der Waals surface area contributed by atoms with Crippen LogP contribution in [0.2, 0.25) is 0 Å². The molecule has 1 amide bonds. The number of carbonyl (C=O) groups is 1. The molecule has 1 aliphatic rings. The van der Waals surface area contributed by atoms with Crippen LogP contribution in [0.4, 0.5) is 0 Å². The van der Waals surface area contributed by atoms with Gasteiger partial charge in [0, 0.05) is 24.2 Å². The van der Waals surface area contributed by atoms with Crippen LogP contribution >= 0.6 is 0 Å². The minimum atomic E-state index is 0.109. The summed E-state index contributed by atoms with van der Waals surface area (Å²) in [6, 6.07) is 7.52. The zero-order chi connectivity index (χ0) is 15.4. The average molecular weight is 297 g/mol. The summed E-state index contributed by atoms with van der Waals surface area (Å²) in [5.74, 6) is 0.621. The van der Waals surface area contributed by atoms with E-state index in [9.17, 15) is 4.79 Å². The van der Waals surface area contributed by atoms with Gasteiger partial charge in [-0.05, 0) is 31.9 Å². The van der Waals surface area contributed by atoms with E-state index in [2.05, 4.69) is 9.97 Å². The molecule has 1 saturated heterocycles. The fourth-order valence-electron chi connectivity index (χ4n) is 2.59. The maximum Gasteiger partial charge on any atom is 0.253 e. The van der Waals surface area contributed by atoms with Gasteiger partial charge in [-0.1, -0.05) is 12.1 Å². The number of aromatic nitrogens is 2. The lowest BCUT2D eigenvalue weighted by Gasteiger charge is -2.15. The molecule has 3 rings (SSSR count). The van der Waals surface area contributed by atoms with Gasteiger partial charge in [-0.3, -0.25) is 9.78 Å². The molecule has 0 saturated carbocycles. The number of hydrogen-bond acceptors (Lipinski definition) is 4. The molecule has 5 nitrogen and oxygen atoms in total. The number of ether oxygens (including phenoxy) is 1. The second-order valence-electron chi connectivity index (χ2n) is 5.25. The van der Waals surface area contributed by atoms with Crippen molar-refractivity contribution in [1.29, 1.82) is 0 Å². The fourth-order valence-corrected chi connectivity index (χ4v) is 2.59. The monoisotopic (exact) mass is 297 g/mol. The van der Waals surface area contributed by atoms with Crippen molar-refractivity contribution < 1.29 is 9.53 Å². The van der Waals surface area contributed by atoms with Crippen LogP contribution in [0, 0.1) is 0 Å². The Balaban J connectivity index is 1.78. The van der Waals surface area contributed by atoms with Crippen LogP contribution < -0.4 is 4.74 Å². The first kappa shape index (κ1) is 14.5. The van der Waals surface area contributed by atoms with Crippen molar-refractivity contribution in [2.24, 2.45) is 0 Å². The SMILES string of the molecule is CCOc1cncc(-c2ccc(C(=O)N3CCCC3)cc2)n1. The molecule has 2 heterocycles. The van der Waals surface area contributed by atoms with Crippen LogP contribution in [0.5, 0.6) is 5.88 Å². The molecule has 0 spiro atoms. The maximum atomic E-state index is 12.3. The van der Waals surface area contributed by atoms with E-state index >= 15 is 0 Å². The van der Waals surface area contributed by atoms with Gasteiger partial charge >= 0.3 is 0 Å². The molecule has 0 atom stereocenters. The molecule has 1 aliphatic heterocycles. The van der Waals surface area contributed by atoms with Gasteiger partial charge in [0.15, 0.2) is 0 Å². The highest BCUT2D eigenvalue weighted by atomic mass is 16.5. The van der Waals surface area contributed by atoms with E-state index < -0.39 is 0 Å². The standard InChI is InChI=1S/C17H19N3O2/c1-2-22-16-12-18-11-15(19-16)13-5-7-14(8-6-13)17(21)20-9-3-4-10-20/h5-8,11-12H,2-4,9-10H2,1H3. The first-order chi connectivity index (χ1) is 10.8. The Labute approximate surface area is 130 Å². The molecule has 0 unspecified atom stereocenters. The molecule has 0 N–H and O–H groups in total. The first-order valence-corrected chi connectivity index (χ1v) is 7.62. The molecule has 0 aliphatic carbocycles. The second kappa shape index (κ2) is 6.56. The second-order valence-corrected chi connectivity index (χ2v) is 5.25. The number of nitrogens with zero attached hydrogens (tertiary/aromatic N) is 3. The quantitative estimate of drug-likeness (QED) is 0.870. The van der Waals surface area contributed by atoms with E-state index in [1.54, 1.807) is 12.4 Å². The third-order valence-electron chi connectivity index (χ3n) is 3.73. The van der Waals surface area contributed by atoms with Crippen molar-refractivity contribution in [3.8, 4) is 17.1 Å². The number of amides is 1. The van der Waals surface area contributed by atoms with E-state index in [-0.39, 0.29) is 5.91 Å². The predicted molar refractivity (Wildman–Crippen MR) is 83.8 cm³/mol. The van der Waals surface area contributed by atoms with Crippen LogP contribution in [0.3, 0.4) is 0 Å². The number of likely N-dealkylation sites (tertiary alicyclic amines) is 1. The molecule has 114 valence electrons. The normalized spacial score (nSPS) is 14.1. The van der Waals surface area contributed by atoms with E-state index in [0.29, 0.717) is 12.5 Å². The summed E-state index contributed by atoms with van der Waals surface area (Å²) in [7, 11) is 0. The summed E-state index contributed by atoms with van der Waals surface area (Å²) in [4.78, 5) is 22.8. The molecule has 0 radical (unpaired) electrons. The average Bonchev–Trinajstić information content (AvgIpc) is 3.09. The molecule has 0 bridgehead atoms. The summed E-state index contributed by atoms with van der Waals surface area (Å²) in [5, 5.41) is 0. The largest absolute Gasteiger partial charge is 0.477 e. The van der Waals surface area contributed by atoms with E-state index in [1.165, 1.54) is 0 Å². The van der Waals surface area contributed by atoms with Crippen molar-refractivity contribution in [1.82, 2.24) is 14.9 Å². The van der Waals surface area contributed by atoms with Crippen LogP contribution in [0.1, 0.15) is 30.1 Å². The number of rotatable bonds is 4. The zero-order valence-electron chi connectivity index (χ0n) is 12.7. The Bertz CT molecular complexity index is 649. The minimum Gasteiger partial charge on any atom is -0.477 e. The summed E-state index contributed by atoms with van der Waals surface area (Å²) in [5.41, 5.74) is 2.39. The number of benzene rings is 1. The lowest BCUT2D eigenvalue weighted by molar-refractivity contribution is 0.0793. The number of hydrogen-bond donors (Lipinski definition) is 0. The third-order valence-corrected chi connectivity index (χ3v) is 3.73.